The van der Waals surface area contributed by atoms with Crippen molar-refractivity contribution in [2.75, 3.05) is 12.3 Å². The second-order valence-electron chi connectivity index (χ2n) is 5.04. The number of nitrogens with zero attached hydrogens (tertiary/aromatic N) is 2. The average Bonchev–Trinajstić information content (AvgIpc) is 2.77. The molecular formula is C14H17N3OS. The highest BCUT2D eigenvalue weighted by Crippen LogP contribution is 2.33. The first-order valence-corrected chi connectivity index (χ1v) is 7.44. The zero-order valence-electron chi connectivity index (χ0n) is 10.9. The number of hydrogen-bond donors (Lipinski definition) is 1. The standard InChI is InChI=1S/C14H17N3OS/c1-9-5-2-3-8-17(9)14(18)13-11(15)12-10(19-13)6-4-7-16-12/h4,6-7,9H,2-3,5,8,15H2,1H3. The predicted molar refractivity (Wildman–Crippen MR) is 78.4 cm³/mol. The lowest BCUT2D eigenvalue weighted by Gasteiger charge is -2.33. The second kappa shape index (κ2) is 4.81. The van der Waals surface area contributed by atoms with E-state index in [2.05, 4.69) is 11.9 Å². The third kappa shape index (κ3) is 2.08. The van der Waals surface area contributed by atoms with Crippen molar-refractivity contribution in [1.29, 1.82) is 0 Å². The van der Waals surface area contributed by atoms with Gasteiger partial charge in [0.1, 0.15) is 10.4 Å². The van der Waals surface area contributed by atoms with E-state index in [1.807, 2.05) is 17.0 Å². The number of carbonyl (C=O) groups is 1. The molecule has 0 spiro atoms. The molecule has 100 valence electrons. The number of fused-ring (bicyclic) bond motifs is 1. The number of nitrogen functional groups attached to an aromatic ring is 1. The quantitative estimate of drug-likeness (QED) is 0.870. The first-order valence-electron chi connectivity index (χ1n) is 6.62. The zero-order valence-corrected chi connectivity index (χ0v) is 11.7. The van der Waals surface area contributed by atoms with Crippen LogP contribution >= 0.6 is 11.3 Å². The molecule has 1 fully saturated rings. The van der Waals surface area contributed by atoms with Gasteiger partial charge in [-0.15, -0.1) is 11.3 Å². The number of nitrogens with two attached hydrogens (primary N) is 1. The minimum absolute atomic E-state index is 0.0627. The lowest BCUT2D eigenvalue weighted by atomic mass is 10.0. The summed E-state index contributed by atoms with van der Waals surface area (Å²) in [6.07, 6.45) is 5.07. The molecule has 2 N–H and O–H groups in total. The van der Waals surface area contributed by atoms with Crippen LogP contribution in [0.4, 0.5) is 5.69 Å². The number of rotatable bonds is 1. The fourth-order valence-corrected chi connectivity index (χ4v) is 3.67. The van der Waals surface area contributed by atoms with E-state index in [9.17, 15) is 4.79 Å². The lowest BCUT2D eigenvalue weighted by molar-refractivity contribution is 0.0642. The van der Waals surface area contributed by atoms with E-state index < -0.39 is 0 Å². The largest absolute Gasteiger partial charge is 0.396 e. The van der Waals surface area contributed by atoms with E-state index in [1.54, 1.807) is 6.20 Å². The molecule has 0 aromatic carbocycles. The monoisotopic (exact) mass is 275 g/mol. The summed E-state index contributed by atoms with van der Waals surface area (Å²) in [5, 5.41) is 0. The van der Waals surface area contributed by atoms with Gasteiger partial charge in [-0.2, -0.15) is 0 Å². The Morgan fingerprint density at radius 1 is 1.53 bits per heavy atom. The summed E-state index contributed by atoms with van der Waals surface area (Å²) in [6.45, 7) is 2.94. The Kier molecular flexibility index (Phi) is 3.14. The predicted octanol–water partition coefficient (Wildman–Crippen LogP) is 2.89. The van der Waals surface area contributed by atoms with Gasteiger partial charge >= 0.3 is 0 Å². The van der Waals surface area contributed by atoms with Gasteiger partial charge in [-0.25, -0.2) is 0 Å². The van der Waals surface area contributed by atoms with Gasteiger partial charge in [-0.3, -0.25) is 9.78 Å². The van der Waals surface area contributed by atoms with Crippen molar-refractivity contribution in [3.63, 3.8) is 0 Å². The third-order valence-corrected chi connectivity index (χ3v) is 4.89. The third-order valence-electron chi connectivity index (χ3n) is 3.74. The molecular weight excluding hydrogens is 258 g/mol. The average molecular weight is 275 g/mol. The summed E-state index contributed by atoms with van der Waals surface area (Å²) in [5.41, 5.74) is 7.37. The van der Waals surface area contributed by atoms with Crippen molar-refractivity contribution < 1.29 is 4.79 Å². The fourth-order valence-electron chi connectivity index (χ4n) is 2.64. The van der Waals surface area contributed by atoms with Crippen LogP contribution in [-0.2, 0) is 0 Å². The van der Waals surface area contributed by atoms with Gasteiger partial charge in [0.25, 0.3) is 5.91 Å². The minimum atomic E-state index is 0.0627. The maximum absolute atomic E-state index is 12.6. The Morgan fingerprint density at radius 3 is 3.11 bits per heavy atom. The van der Waals surface area contributed by atoms with Crippen molar-refractivity contribution in [2.45, 2.75) is 32.2 Å². The van der Waals surface area contributed by atoms with Crippen molar-refractivity contribution in [2.24, 2.45) is 0 Å². The van der Waals surface area contributed by atoms with Crippen LogP contribution < -0.4 is 5.73 Å². The number of amides is 1. The molecule has 2 aromatic rings. The maximum Gasteiger partial charge on any atom is 0.266 e. The van der Waals surface area contributed by atoms with E-state index in [4.69, 9.17) is 5.73 Å². The maximum atomic E-state index is 12.6. The molecule has 2 aromatic heterocycles. The molecule has 3 rings (SSSR count). The first-order chi connectivity index (χ1) is 9.18. The fraction of sp³-hybridized carbons (Fsp3) is 0.429. The van der Waals surface area contributed by atoms with Gasteiger partial charge in [0.15, 0.2) is 0 Å². The summed E-state index contributed by atoms with van der Waals surface area (Å²) in [7, 11) is 0. The lowest BCUT2D eigenvalue weighted by Crippen LogP contribution is -2.41. The van der Waals surface area contributed by atoms with Crippen LogP contribution in [0.2, 0.25) is 0 Å². The summed E-state index contributed by atoms with van der Waals surface area (Å²) in [5.74, 6) is 0.0627. The Balaban J connectivity index is 1.99. The van der Waals surface area contributed by atoms with E-state index in [1.165, 1.54) is 17.8 Å². The molecule has 0 radical (unpaired) electrons. The van der Waals surface area contributed by atoms with Crippen molar-refractivity contribution in [3.8, 4) is 0 Å². The van der Waals surface area contributed by atoms with E-state index in [-0.39, 0.29) is 5.91 Å². The Hall–Kier alpha value is -1.62. The van der Waals surface area contributed by atoms with E-state index in [0.717, 1.165) is 29.6 Å². The van der Waals surface area contributed by atoms with Crippen molar-refractivity contribution in [3.05, 3.63) is 23.2 Å². The minimum Gasteiger partial charge on any atom is -0.396 e. The molecule has 1 aliphatic heterocycles. The molecule has 3 heterocycles. The molecule has 0 saturated carbocycles. The summed E-state index contributed by atoms with van der Waals surface area (Å²) in [6, 6.07) is 4.13. The molecule has 1 aliphatic rings. The van der Waals surface area contributed by atoms with Crippen LogP contribution in [0.15, 0.2) is 18.3 Å². The van der Waals surface area contributed by atoms with E-state index in [0.29, 0.717) is 16.6 Å². The number of thiophene rings is 1. The van der Waals surface area contributed by atoms with Crippen LogP contribution in [-0.4, -0.2) is 28.4 Å². The Labute approximate surface area is 116 Å². The van der Waals surface area contributed by atoms with Crippen LogP contribution in [0, 0.1) is 0 Å². The molecule has 1 saturated heterocycles. The first kappa shape index (κ1) is 12.4. The molecule has 0 aliphatic carbocycles. The summed E-state index contributed by atoms with van der Waals surface area (Å²) < 4.78 is 0.980. The highest BCUT2D eigenvalue weighted by atomic mass is 32.1. The number of carbonyl (C=O) groups excluding carboxylic acids is 1. The van der Waals surface area contributed by atoms with Gasteiger partial charge in [0, 0.05) is 18.8 Å². The van der Waals surface area contributed by atoms with Gasteiger partial charge in [0.05, 0.1) is 10.4 Å². The summed E-state index contributed by atoms with van der Waals surface area (Å²) in [4.78, 5) is 19.5. The van der Waals surface area contributed by atoms with Crippen LogP contribution in [0.25, 0.3) is 10.2 Å². The Morgan fingerprint density at radius 2 is 2.37 bits per heavy atom. The zero-order chi connectivity index (χ0) is 13.4. The Bertz CT molecular complexity index is 622. The van der Waals surface area contributed by atoms with Crippen LogP contribution in [0.3, 0.4) is 0 Å². The van der Waals surface area contributed by atoms with Gasteiger partial charge in [-0.1, -0.05) is 0 Å². The number of likely N-dealkylation sites (tertiary alicyclic amines) is 1. The number of anilines is 1. The van der Waals surface area contributed by atoms with Crippen molar-refractivity contribution in [1.82, 2.24) is 9.88 Å². The number of piperidine rings is 1. The number of hydrogen-bond acceptors (Lipinski definition) is 4. The smallest absolute Gasteiger partial charge is 0.266 e. The number of aromatic nitrogens is 1. The summed E-state index contributed by atoms with van der Waals surface area (Å²) >= 11 is 1.45. The van der Waals surface area contributed by atoms with Gasteiger partial charge in [0.2, 0.25) is 0 Å². The molecule has 1 unspecified atom stereocenters. The van der Waals surface area contributed by atoms with Gasteiger partial charge in [-0.05, 0) is 38.3 Å². The van der Waals surface area contributed by atoms with Crippen LogP contribution in [0.1, 0.15) is 35.9 Å². The topological polar surface area (TPSA) is 59.2 Å². The molecule has 19 heavy (non-hydrogen) atoms. The molecule has 0 bridgehead atoms. The second-order valence-corrected chi connectivity index (χ2v) is 6.09. The van der Waals surface area contributed by atoms with E-state index >= 15 is 0 Å². The molecule has 4 nitrogen and oxygen atoms in total. The van der Waals surface area contributed by atoms with Crippen LogP contribution in [0.5, 0.6) is 0 Å². The molecule has 1 atom stereocenters. The molecule has 1 amide bonds. The van der Waals surface area contributed by atoms with Gasteiger partial charge < -0.3 is 10.6 Å². The molecule has 5 heteroatoms. The normalized spacial score (nSPS) is 19.8. The SMILES string of the molecule is CC1CCCCN1C(=O)c1sc2cccnc2c1N. The number of pyridine rings is 1. The van der Waals surface area contributed by atoms with Crippen molar-refractivity contribution >= 4 is 33.1 Å². The highest BCUT2D eigenvalue weighted by Gasteiger charge is 2.27. The highest BCUT2D eigenvalue weighted by molar-refractivity contribution is 7.21.